The summed E-state index contributed by atoms with van der Waals surface area (Å²) >= 11 is 1.23. The number of aliphatic hydroxyl groups is 1. The van der Waals surface area contributed by atoms with Gasteiger partial charge in [-0.15, -0.1) is 11.3 Å². The van der Waals surface area contributed by atoms with Crippen molar-refractivity contribution in [3.63, 3.8) is 0 Å². The molecule has 100 valence electrons. The Kier molecular flexibility index (Phi) is 4.29. The number of amides is 1. The fraction of sp³-hybridized carbons (Fsp3) is 0.214. The van der Waals surface area contributed by atoms with E-state index in [9.17, 15) is 9.18 Å². The van der Waals surface area contributed by atoms with Gasteiger partial charge in [0.2, 0.25) is 0 Å². The van der Waals surface area contributed by atoms with Crippen LogP contribution in [0.4, 0.5) is 4.39 Å². The van der Waals surface area contributed by atoms with Gasteiger partial charge in [0, 0.05) is 16.5 Å². The molecule has 2 rings (SSSR count). The molecule has 1 heterocycles. The zero-order chi connectivity index (χ0) is 13.8. The highest BCUT2D eigenvalue weighted by Gasteiger charge is 2.13. The number of carbonyl (C=O) groups excluding carboxylic acids is 1. The number of hydrogen-bond acceptors (Lipinski definition) is 3. The van der Waals surface area contributed by atoms with Gasteiger partial charge in [0.1, 0.15) is 5.82 Å². The molecule has 0 saturated heterocycles. The van der Waals surface area contributed by atoms with Crippen molar-refractivity contribution >= 4 is 17.2 Å². The Bertz CT molecular complexity index is 582. The molecule has 0 aliphatic carbocycles. The van der Waals surface area contributed by atoms with E-state index in [4.69, 9.17) is 5.11 Å². The van der Waals surface area contributed by atoms with Crippen LogP contribution in [0.1, 0.15) is 16.6 Å². The van der Waals surface area contributed by atoms with E-state index in [1.807, 2.05) is 0 Å². The van der Waals surface area contributed by atoms with E-state index in [1.165, 1.54) is 17.4 Å². The zero-order valence-electron chi connectivity index (χ0n) is 10.4. The largest absolute Gasteiger partial charge is 0.394 e. The summed E-state index contributed by atoms with van der Waals surface area (Å²) in [5.74, 6) is -0.561. The molecule has 0 fully saturated rings. The predicted molar refractivity (Wildman–Crippen MR) is 73.7 cm³/mol. The summed E-state index contributed by atoms with van der Waals surface area (Å²) in [5, 5.41) is 11.5. The number of carbonyl (C=O) groups is 1. The number of hydrogen-bond donors (Lipinski definition) is 2. The van der Waals surface area contributed by atoms with Crippen molar-refractivity contribution in [2.75, 3.05) is 6.61 Å². The van der Waals surface area contributed by atoms with E-state index in [0.717, 1.165) is 0 Å². The molecule has 0 bridgehead atoms. The first-order valence-electron chi connectivity index (χ1n) is 5.88. The highest BCUT2D eigenvalue weighted by Crippen LogP contribution is 2.29. The summed E-state index contributed by atoms with van der Waals surface area (Å²) in [6.45, 7) is 1.60. The average Bonchev–Trinajstić information content (AvgIpc) is 2.88. The van der Waals surface area contributed by atoms with E-state index in [1.54, 1.807) is 37.3 Å². The van der Waals surface area contributed by atoms with Crippen LogP contribution in [0.3, 0.4) is 0 Å². The van der Waals surface area contributed by atoms with Gasteiger partial charge in [0.25, 0.3) is 5.91 Å². The van der Waals surface area contributed by atoms with Gasteiger partial charge in [-0.05, 0) is 25.1 Å². The summed E-state index contributed by atoms with van der Waals surface area (Å²) in [4.78, 5) is 13.0. The van der Waals surface area contributed by atoms with Crippen molar-refractivity contribution in [1.29, 1.82) is 0 Å². The fourth-order valence-electron chi connectivity index (χ4n) is 1.61. The third-order valence-corrected chi connectivity index (χ3v) is 3.74. The average molecular weight is 279 g/mol. The minimum Gasteiger partial charge on any atom is -0.394 e. The normalized spacial score (nSPS) is 12.2. The van der Waals surface area contributed by atoms with Crippen LogP contribution in [0.5, 0.6) is 0 Å². The van der Waals surface area contributed by atoms with Crippen molar-refractivity contribution in [2.45, 2.75) is 13.0 Å². The molecule has 0 spiro atoms. The number of aliphatic hydroxyl groups excluding tert-OH is 1. The van der Waals surface area contributed by atoms with Crippen molar-refractivity contribution in [3.8, 4) is 10.4 Å². The molecule has 1 unspecified atom stereocenters. The van der Waals surface area contributed by atoms with Crippen LogP contribution in [0.15, 0.2) is 36.4 Å². The molecule has 5 heteroatoms. The van der Waals surface area contributed by atoms with Gasteiger partial charge < -0.3 is 10.4 Å². The maximum atomic E-state index is 13.6. The van der Waals surface area contributed by atoms with Gasteiger partial charge >= 0.3 is 0 Å². The van der Waals surface area contributed by atoms with Crippen LogP contribution >= 0.6 is 11.3 Å². The molecule has 2 N–H and O–H groups in total. The molecule has 19 heavy (non-hydrogen) atoms. The third kappa shape index (κ3) is 3.19. The maximum Gasteiger partial charge on any atom is 0.261 e. The highest BCUT2D eigenvalue weighted by atomic mass is 32.1. The standard InChI is InChI=1S/C14H14FNO2S/c1-9(8-17)16-14(18)13-7-6-12(19-13)10-4-2-3-5-11(10)15/h2-7,9,17H,8H2,1H3,(H,16,18). The van der Waals surface area contributed by atoms with Gasteiger partial charge in [-0.1, -0.05) is 18.2 Å². The minimum absolute atomic E-state index is 0.114. The van der Waals surface area contributed by atoms with Gasteiger partial charge in [0.15, 0.2) is 0 Å². The second kappa shape index (κ2) is 5.95. The number of benzene rings is 1. The lowest BCUT2D eigenvalue weighted by Crippen LogP contribution is -2.34. The van der Waals surface area contributed by atoms with E-state index >= 15 is 0 Å². The van der Waals surface area contributed by atoms with E-state index < -0.39 is 0 Å². The second-order valence-electron chi connectivity index (χ2n) is 4.20. The van der Waals surface area contributed by atoms with E-state index in [0.29, 0.717) is 15.3 Å². The topological polar surface area (TPSA) is 49.3 Å². The molecule has 3 nitrogen and oxygen atoms in total. The summed E-state index contributed by atoms with van der Waals surface area (Å²) < 4.78 is 13.6. The lowest BCUT2D eigenvalue weighted by molar-refractivity contribution is 0.0926. The molecule has 1 atom stereocenters. The molecular formula is C14H14FNO2S. The molecule has 1 aromatic heterocycles. The highest BCUT2D eigenvalue weighted by molar-refractivity contribution is 7.17. The molecule has 0 radical (unpaired) electrons. The molecule has 0 saturated carbocycles. The van der Waals surface area contributed by atoms with Gasteiger partial charge in [-0.2, -0.15) is 0 Å². The van der Waals surface area contributed by atoms with E-state index in [-0.39, 0.29) is 24.4 Å². The van der Waals surface area contributed by atoms with Crippen LogP contribution < -0.4 is 5.32 Å². The number of rotatable bonds is 4. The first kappa shape index (κ1) is 13.7. The maximum absolute atomic E-state index is 13.6. The molecule has 0 aliphatic heterocycles. The SMILES string of the molecule is CC(CO)NC(=O)c1ccc(-c2ccccc2F)s1. The Labute approximate surface area is 114 Å². The molecular weight excluding hydrogens is 265 g/mol. The first-order chi connectivity index (χ1) is 9.11. The minimum atomic E-state index is -0.306. The molecule has 0 aliphatic rings. The van der Waals surface area contributed by atoms with Crippen LogP contribution in [-0.2, 0) is 0 Å². The smallest absolute Gasteiger partial charge is 0.261 e. The van der Waals surface area contributed by atoms with Gasteiger partial charge in [0.05, 0.1) is 11.5 Å². The van der Waals surface area contributed by atoms with Crippen LogP contribution in [0.25, 0.3) is 10.4 Å². The summed E-state index contributed by atoms with van der Waals surface area (Å²) in [6, 6.07) is 9.54. The molecule has 1 aromatic carbocycles. The molecule has 1 amide bonds. The number of nitrogens with one attached hydrogen (secondary N) is 1. The number of thiophene rings is 1. The quantitative estimate of drug-likeness (QED) is 0.904. The Hall–Kier alpha value is -1.72. The first-order valence-corrected chi connectivity index (χ1v) is 6.70. The molecule has 2 aromatic rings. The monoisotopic (exact) mass is 279 g/mol. The van der Waals surface area contributed by atoms with Crippen LogP contribution in [-0.4, -0.2) is 23.7 Å². The Morgan fingerprint density at radius 1 is 1.37 bits per heavy atom. The summed E-state index contributed by atoms with van der Waals surface area (Å²) in [7, 11) is 0. The lowest BCUT2D eigenvalue weighted by atomic mass is 10.2. The van der Waals surface area contributed by atoms with Crippen molar-refractivity contribution in [2.24, 2.45) is 0 Å². The number of halogens is 1. The van der Waals surface area contributed by atoms with Gasteiger partial charge in [-0.25, -0.2) is 4.39 Å². The summed E-state index contributed by atoms with van der Waals surface area (Å²) in [6.07, 6.45) is 0. The Morgan fingerprint density at radius 2 is 2.11 bits per heavy atom. The van der Waals surface area contributed by atoms with Crippen LogP contribution in [0.2, 0.25) is 0 Å². The zero-order valence-corrected chi connectivity index (χ0v) is 11.2. The van der Waals surface area contributed by atoms with E-state index in [2.05, 4.69) is 5.32 Å². The second-order valence-corrected chi connectivity index (χ2v) is 5.28. The fourth-order valence-corrected chi connectivity index (χ4v) is 2.54. The van der Waals surface area contributed by atoms with Crippen molar-refractivity contribution in [1.82, 2.24) is 5.32 Å². The third-order valence-electron chi connectivity index (χ3n) is 2.62. The van der Waals surface area contributed by atoms with Crippen molar-refractivity contribution < 1.29 is 14.3 Å². The van der Waals surface area contributed by atoms with Gasteiger partial charge in [-0.3, -0.25) is 4.79 Å². The Morgan fingerprint density at radius 3 is 2.79 bits per heavy atom. The Balaban J connectivity index is 2.20. The summed E-state index contributed by atoms with van der Waals surface area (Å²) in [5.41, 5.74) is 0.488. The predicted octanol–water partition coefficient (Wildman–Crippen LogP) is 2.66. The van der Waals surface area contributed by atoms with Crippen LogP contribution in [0, 0.1) is 5.82 Å². The lowest BCUT2D eigenvalue weighted by Gasteiger charge is -2.08. The van der Waals surface area contributed by atoms with Crippen molar-refractivity contribution in [3.05, 3.63) is 47.1 Å².